The largest absolute Gasteiger partial charge is 0.355 e. The monoisotopic (exact) mass is 463 g/mol. The molecule has 4 amide bonds. The summed E-state index contributed by atoms with van der Waals surface area (Å²) in [7, 11) is 0. The van der Waals surface area contributed by atoms with E-state index >= 15 is 0 Å². The molecule has 8 heteroatoms. The van der Waals surface area contributed by atoms with Gasteiger partial charge >= 0.3 is 6.03 Å². The van der Waals surface area contributed by atoms with Crippen molar-refractivity contribution in [3.63, 3.8) is 0 Å². The van der Waals surface area contributed by atoms with Crippen molar-refractivity contribution in [1.82, 2.24) is 15.1 Å². The van der Waals surface area contributed by atoms with Crippen LogP contribution in [0.15, 0.2) is 54.6 Å². The summed E-state index contributed by atoms with van der Waals surface area (Å²) in [6, 6.07) is 17.5. The van der Waals surface area contributed by atoms with Gasteiger partial charge < -0.3 is 25.3 Å². The molecule has 180 valence electrons. The Morgan fingerprint density at radius 2 is 1.65 bits per heavy atom. The van der Waals surface area contributed by atoms with Crippen LogP contribution in [0, 0.1) is 0 Å². The molecular weight excluding hydrogens is 430 g/mol. The lowest BCUT2D eigenvalue weighted by molar-refractivity contribution is -0.137. The molecule has 2 aromatic carbocycles. The quantitative estimate of drug-likeness (QED) is 0.690. The Morgan fingerprint density at radius 3 is 2.32 bits per heavy atom. The number of hydrogen-bond donors (Lipinski definition) is 2. The van der Waals surface area contributed by atoms with Crippen LogP contribution in [0.25, 0.3) is 0 Å². The zero-order valence-corrected chi connectivity index (χ0v) is 19.9. The standard InChI is InChI=1S/C26H33N5O3/c1-3-20-10-8-9-13-22(20)28-25(34)29-16-14-26(15-17-29)24(33)30(18-23(32)27-4-2)19-31(26)21-11-6-5-7-12-21/h5-13H,3-4,14-19H2,1-2H3,(H,27,32)(H,28,34). The van der Waals surface area contributed by atoms with Gasteiger partial charge in [0.05, 0.1) is 6.67 Å². The van der Waals surface area contributed by atoms with E-state index in [1.165, 1.54) is 0 Å². The summed E-state index contributed by atoms with van der Waals surface area (Å²) in [6.45, 7) is 5.77. The molecule has 0 aliphatic carbocycles. The molecule has 0 radical (unpaired) electrons. The van der Waals surface area contributed by atoms with E-state index in [1.54, 1.807) is 9.80 Å². The molecule has 1 spiro atoms. The zero-order valence-electron chi connectivity index (χ0n) is 19.9. The number of carbonyl (C=O) groups is 3. The highest BCUT2D eigenvalue weighted by atomic mass is 16.2. The van der Waals surface area contributed by atoms with Crippen molar-refractivity contribution in [2.24, 2.45) is 0 Å². The Kier molecular flexibility index (Phi) is 7.05. The number of urea groups is 1. The molecule has 2 aliphatic rings. The van der Waals surface area contributed by atoms with Crippen molar-refractivity contribution in [3.05, 3.63) is 60.2 Å². The van der Waals surface area contributed by atoms with E-state index in [0.717, 1.165) is 23.4 Å². The van der Waals surface area contributed by atoms with Crippen molar-refractivity contribution >= 4 is 29.2 Å². The number of likely N-dealkylation sites (tertiary alicyclic amines) is 1. The van der Waals surface area contributed by atoms with Gasteiger partial charge in [-0.05, 0) is 49.9 Å². The molecule has 2 aromatic rings. The van der Waals surface area contributed by atoms with E-state index in [9.17, 15) is 14.4 Å². The van der Waals surface area contributed by atoms with Crippen LogP contribution in [0.1, 0.15) is 32.3 Å². The fourth-order valence-corrected chi connectivity index (χ4v) is 4.97. The van der Waals surface area contributed by atoms with Gasteiger partial charge in [0.25, 0.3) is 5.91 Å². The van der Waals surface area contributed by atoms with Crippen LogP contribution in [0.4, 0.5) is 16.2 Å². The minimum absolute atomic E-state index is 0.0375. The van der Waals surface area contributed by atoms with Crippen LogP contribution in [-0.4, -0.2) is 66.0 Å². The molecular formula is C26H33N5O3. The third-order valence-corrected chi connectivity index (χ3v) is 6.81. The molecule has 0 aromatic heterocycles. The first-order valence-electron chi connectivity index (χ1n) is 12.0. The number of likely N-dealkylation sites (N-methyl/N-ethyl adjacent to an activating group) is 1. The van der Waals surface area contributed by atoms with Crippen LogP contribution in [-0.2, 0) is 16.0 Å². The van der Waals surface area contributed by atoms with E-state index in [1.807, 2.05) is 61.5 Å². The summed E-state index contributed by atoms with van der Waals surface area (Å²) >= 11 is 0. The Labute approximate surface area is 200 Å². The molecule has 0 atom stereocenters. The normalized spacial score (nSPS) is 17.2. The number of benzene rings is 2. The molecule has 2 N–H and O–H groups in total. The van der Waals surface area contributed by atoms with Crippen molar-refractivity contribution in [2.45, 2.75) is 38.6 Å². The van der Waals surface area contributed by atoms with Gasteiger partial charge in [0.2, 0.25) is 5.91 Å². The Bertz CT molecular complexity index is 1030. The number of carbonyl (C=O) groups excluding carboxylic acids is 3. The maximum Gasteiger partial charge on any atom is 0.321 e. The third-order valence-electron chi connectivity index (χ3n) is 6.81. The summed E-state index contributed by atoms with van der Waals surface area (Å²) in [4.78, 5) is 44.4. The number of nitrogens with one attached hydrogen (secondary N) is 2. The number of nitrogens with zero attached hydrogens (tertiary/aromatic N) is 3. The SMILES string of the molecule is CCNC(=O)CN1CN(c2ccccc2)C2(CCN(C(=O)Nc3ccccc3CC)CC2)C1=O. The molecule has 0 unspecified atom stereocenters. The van der Waals surface area contributed by atoms with Gasteiger partial charge in [0, 0.05) is 31.0 Å². The van der Waals surface area contributed by atoms with Crippen molar-refractivity contribution in [3.8, 4) is 0 Å². The molecule has 2 heterocycles. The van der Waals surface area contributed by atoms with Crippen molar-refractivity contribution in [2.75, 3.05) is 43.1 Å². The number of anilines is 2. The maximum absolute atomic E-state index is 13.6. The molecule has 2 fully saturated rings. The van der Waals surface area contributed by atoms with Gasteiger partial charge in [-0.1, -0.05) is 43.3 Å². The summed E-state index contributed by atoms with van der Waals surface area (Å²) in [5.74, 6) is -0.202. The van der Waals surface area contributed by atoms with Gasteiger partial charge in [-0.25, -0.2) is 4.79 Å². The maximum atomic E-state index is 13.6. The molecule has 34 heavy (non-hydrogen) atoms. The number of hydrogen-bond acceptors (Lipinski definition) is 4. The lowest BCUT2D eigenvalue weighted by Gasteiger charge is -2.43. The highest BCUT2D eigenvalue weighted by Crippen LogP contribution is 2.39. The van der Waals surface area contributed by atoms with Crippen molar-refractivity contribution < 1.29 is 14.4 Å². The van der Waals surface area contributed by atoms with E-state index in [2.05, 4.69) is 22.5 Å². The number of rotatable bonds is 6. The molecule has 0 saturated carbocycles. The van der Waals surface area contributed by atoms with E-state index < -0.39 is 5.54 Å². The van der Waals surface area contributed by atoms with Gasteiger partial charge in [-0.2, -0.15) is 0 Å². The van der Waals surface area contributed by atoms with E-state index in [4.69, 9.17) is 0 Å². The average molecular weight is 464 g/mol. The first-order chi connectivity index (χ1) is 16.5. The van der Waals surface area contributed by atoms with Crippen LogP contribution >= 0.6 is 0 Å². The van der Waals surface area contributed by atoms with Crippen LogP contribution in [0.5, 0.6) is 0 Å². The van der Waals surface area contributed by atoms with Crippen molar-refractivity contribution in [1.29, 1.82) is 0 Å². The average Bonchev–Trinajstić information content (AvgIpc) is 3.11. The van der Waals surface area contributed by atoms with Gasteiger partial charge in [-0.15, -0.1) is 0 Å². The van der Waals surface area contributed by atoms with Gasteiger partial charge in [0.1, 0.15) is 12.1 Å². The third kappa shape index (κ3) is 4.58. The first-order valence-corrected chi connectivity index (χ1v) is 12.0. The Hall–Kier alpha value is -3.55. The summed E-state index contributed by atoms with van der Waals surface area (Å²) in [5.41, 5.74) is 2.10. The minimum atomic E-state index is -0.758. The summed E-state index contributed by atoms with van der Waals surface area (Å²) in [5, 5.41) is 5.82. The second kappa shape index (κ2) is 10.2. The molecule has 8 nitrogen and oxygen atoms in total. The van der Waals surface area contributed by atoms with Gasteiger partial charge in [0.15, 0.2) is 0 Å². The second-order valence-electron chi connectivity index (χ2n) is 8.82. The molecule has 2 saturated heterocycles. The first kappa shape index (κ1) is 23.6. The lowest BCUT2D eigenvalue weighted by atomic mass is 9.85. The Morgan fingerprint density at radius 1 is 0.971 bits per heavy atom. The Balaban J connectivity index is 1.50. The fraction of sp³-hybridized carbons (Fsp3) is 0.423. The minimum Gasteiger partial charge on any atom is -0.355 e. The molecule has 4 rings (SSSR count). The lowest BCUT2D eigenvalue weighted by Crippen LogP contribution is -2.58. The fourth-order valence-electron chi connectivity index (χ4n) is 4.97. The molecule has 0 bridgehead atoms. The second-order valence-corrected chi connectivity index (χ2v) is 8.82. The summed E-state index contributed by atoms with van der Waals surface area (Å²) < 4.78 is 0. The number of amides is 4. The number of piperidine rings is 1. The topological polar surface area (TPSA) is 85.0 Å². The number of aryl methyl sites for hydroxylation is 1. The van der Waals surface area contributed by atoms with E-state index in [0.29, 0.717) is 39.1 Å². The smallest absolute Gasteiger partial charge is 0.321 e. The predicted octanol–water partition coefficient (Wildman–Crippen LogP) is 3.06. The highest BCUT2D eigenvalue weighted by Gasteiger charge is 2.54. The van der Waals surface area contributed by atoms with Crippen LogP contribution in [0.3, 0.4) is 0 Å². The predicted molar refractivity (Wildman–Crippen MR) is 133 cm³/mol. The molecule has 2 aliphatic heterocycles. The summed E-state index contributed by atoms with van der Waals surface area (Å²) in [6.07, 6.45) is 1.85. The van der Waals surface area contributed by atoms with Crippen LogP contribution < -0.4 is 15.5 Å². The number of para-hydroxylation sites is 2. The highest BCUT2D eigenvalue weighted by molar-refractivity contribution is 5.97. The van der Waals surface area contributed by atoms with E-state index in [-0.39, 0.29) is 24.4 Å². The van der Waals surface area contributed by atoms with Crippen LogP contribution in [0.2, 0.25) is 0 Å². The van der Waals surface area contributed by atoms with Gasteiger partial charge in [-0.3, -0.25) is 9.59 Å². The zero-order chi connectivity index (χ0) is 24.1.